The Morgan fingerprint density at radius 3 is 2.10 bits per heavy atom. The minimum absolute atomic E-state index is 0.128. The number of nitrogens with one attached hydrogen (secondary N) is 1. The molecule has 5 N–H and O–H groups in total. The lowest BCUT2D eigenvalue weighted by atomic mass is 10.2. The van der Waals surface area contributed by atoms with Crippen molar-refractivity contribution in [3.8, 4) is 0 Å². The summed E-state index contributed by atoms with van der Waals surface area (Å²) in [7, 11) is 2.33. The van der Waals surface area contributed by atoms with Gasteiger partial charge in [0.05, 0.1) is 4.75 Å². The fourth-order valence-corrected chi connectivity index (χ4v) is 3.42. The van der Waals surface area contributed by atoms with Crippen molar-refractivity contribution in [2.45, 2.75) is 30.7 Å². The summed E-state index contributed by atoms with van der Waals surface area (Å²) in [5.74, 6) is -2.29. The number of carbonyl (C=O) groups is 3. The summed E-state index contributed by atoms with van der Waals surface area (Å²) in [5.41, 5.74) is 5.33. The Kier molecular flexibility index (Phi) is 9.18. The second kappa shape index (κ2) is 9.44. The standard InChI is InChI=1S/C11H20N2O5S3/c1-11(2,19-3)10(18)13-7(9(16)17)5-21-20-4-6(12)8(14)15/h6-7H,4-5,12H2,1-3H3,(H,13,18)(H,14,15)(H,16,17)/t6?,7-/m0/s1. The van der Waals surface area contributed by atoms with Crippen LogP contribution in [0.25, 0.3) is 0 Å². The van der Waals surface area contributed by atoms with Crippen LogP contribution >= 0.6 is 33.3 Å². The molecule has 0 aromatic rings. The van der Waals surface area contributed by atoms with Crippen LogP contribution in [-0.4, -0.2) is 62.7 Å². The third-order valence-corrected chi connectivity index (χ3v) is 6.20. The summed E-state index contributed by atoms with van der Waals surface area (Å²) in [6.07, 6.45) is 1.77. The maximum Gasteiger partial charge on any atom is 0.327 e. The first kappa shape index (κ1) is 20.4. The van der Waals surface area contributed by atoms with Crippen LogP contribution in [0.5, 0.6) is 0 Å². The van der Waals surface area contributed by atoms with Crippen molar-refractivity contribution in [1.82, 2.24) is 5.32 Å². The quantitative estimate of drug-likeness (QED) is 0.326. The minimum Gasteiger partial charge on any atom is -0.480 e. The lowest BCUT2D eigenvalue weighted by molar-refractivity contribution is -0.141. The molecular formula is C11H20N2O5S3. The second-order valence-electron chi connectivity index (χ2n) is 4.59. The van der Waals surface area contributed by atoms with Crippen molar-refractivity contribution in [2.75, 3.05) is 17.8 Å². The number of hydrogen-bond acceptors (Lipinski definition) is 7. The summed E-state index contributed by atoms with van der Waals surface area (Å²) in [4.78, 5) is 33.6. The molecule has 7 nitrogen and oxygen atoms in total. The number of nitrogens with two attached hydrogens (primary N) is 1. The number of aliphatic carboxylic acids is 2. The van der Waals surface area contributed by atoms with Crippen molar-refractivity contribution >= 4 is 51.2 Å². The molecule has 0 aliphatic heterocycles. The van der Waals surface area contributed by atoms with Gasteiger partial charge in [-0.3, -0.25) is 9.59 Å². The average molecular weight is 356 g/mol. The van der Waals surface area contributed by atoms with Gasteiger partial charge in [-0.05, 0) is 20.1 Å². The van der Waals surface area contributed by atoms with Gasteiger partial charge in [-0.2, -0.15) is 0 Å². The number of thioether (sulfide) groups is 1. The predicted octanol–water partition coefficient (Wildman–Crippen LogP) is 0.491. The van der Waals surface area contributed by atoms with Crippen LogP contribution in [0.3, 0.4) is 0 Å². The zero-order valence-corrected chi connectivity index (χ0v) is 14.4. The van der Waals surface area contributed by atoms with Gasteiger partial charge in [-0.25, -0.2) is 4.79 Å². The molecule has 0 saturated heterocycles. The first-order valence-electron chi connectivity index (χ1n) is 5.93. The molecule has 1 amide bonds. The zero-order valence-electron chi connectivity index (χ0n) is 12.0. The molecule has 0 heterocycles. The second-order valence-corrected chi connectivity index (χ2v) is 8.57. The van der Waals surface area contributed by atoms with Gasteiger partial charge < -0.3 is 21.3 Å². The number of hydrogen-bond donors (Lipinski definition) is 4. The molecule has 122 valence electrons. The van der Waals surface area contributed by atoms with E-state index in [1.807, 2.05) is 0 Å². The number of amides is 1. The predicted molar refractivity (Wildman–Crippen MR) is 87.7 cm³/mol. The van der Waals surface area contributed by atoms with Crippen molar-refractivity contribution in [3.05, 3.63) is 0 Å². The van der Waals surface area contributed by atoms with E-state index in [9.17, 15) is 14.4 Å². The van der Waals surface area contributed by atoms with E-state index in [0.29, 0.717) is 0 Å². The van der Waals surface area contributed by atoms with E-state index in [1.54, 1.807) is 20.1 Å². The normalized spacial score (nSPS) is 14.3. The highest BCUT2D eigenvalue weighted by molar-refractivity contribution is 8.76. The van der Waals surface area contributed by atoms with E-state index in [1.165, 1.54) is 33.3 Å². The molecule has 0 radical (unpaired) electrons. The molecule has 0 aromatic carbocycles. The third kappa shape index (κ3) is 7.84. The Bertz CT molecular complexity index is 392. The average Bonchev–Trinajstić information content (AvgIpc) is 2.40. The molecule has 0 saturated carbocycles. The van der Waals surface area contributed by atoms with Crippen molar-refractivity contribution in [3.63, 3.8) is 0 Å². The third-order valence-electron chi connectivity index (χ3n) is 2.54. The minimum atomic E-state index is -1.13. The van der Waals surface area contributed by atoms with E-state index in [0.717, 1.165) is 0 Å². The van der Waals surface area contributed by atoms with E-state index in [2.05, 4.69) is 5.32 Å². The molecule has 2 atom stereocenters. The Morgan fingerprint density at radius 2 is 1.67 bits per heavy atom. The number of carboxylic acids is 2. The molecule has 0 aliphatic rings. The zero-order chi connectivity index (χ0) is 16.6. The Labute approximate surface area is 135 Å². The van der Waals surface area contributed by atoms with Crippen molar-refractivity contribution in [1.29, 1.82) is 0 Å². The molecule has 1 unspecified atom stereocenters. The van der Waals surface area contributed by atoms with Gasteiger partial charge >= 0.3 is 11.9 Å². The number of rotatable bonds is 10. The van der Waals surface area contributed by atoms with E-state index >= 15 is 0 Å². The monoisotopic (exact) mass is 356 g/mol. The van der Waals surface area contributed by atoms with Gasteiger partial charge in [0.1, 0.15) is 12.1 Å². The lowest BCUT2D eigenvalue weighted by Gasteiger charge is -2.23. The van der Waals surface area contributed by atoms with E-state index in [4.69, 9.17) is 15.9 Å². The summed E-state index contributed by atoms with van der Waals surface area (Å²) >= 11 is 1.33. The van der Waals surface area contributed by atoms with Gasteiger partial charge in [0.15, 0.2) is 0 Å². The highest BCUT2D eigenvalue weighted by Gasteiger charge is 2.30. The molecule has 21 heavy (non-hydrogen) atoms. The maximum atomic E-state index is 11.9. The topological polar surface area (TPSA) is 130 Å². The number of carbonyl (C=O) groups excluding carboxylic acids is 1. The van der Waals surface area contributed by atoms with Gasteiger partial charge in [0.25, 0.3) is 0 Å². The van der Waals surface area contributed by atoms with Crippen LogP contribution in [0.15, 0.2) is 0 Å². The van der Waals surface area contributed by atoms with Crippen LogP contribution < -0.4 is 11.1 Å². The van der Waals surface area contributed by atoms with Crippen molar-refractivity contribution in [2.24, 2.45) is 5.73 Å². The van der Waals surface area contributed by atoms with Crippen LogP contribution in [0.1, 0.15) is 13.8 Å². The van der Waals surface area contributed by atoms with Crippen LogP contribution in [-0.2, 0) is 14.4 Å². The maximum absolute atomic E-state index is 11.9. The van der Waals surface area contributed by atoms with Crippen LogP contribution in [0.2, 0.25) is 0 Å². The van der Waals surface area contributed by atoms with E-state index < -0.39 is 28.8 Å². The Morgan fingerprint density at radius 1 is 1.14 bits per heavy atom. The first-order chi connectivity index (χ1) is 9.61. The molecular weight excluding hydrogens is 336 g/mol. The van der Waals surface area contributed by atoms with Crippen LogP contribution in [0.4, 0.5) is 0 Å². The summed E-state index contributed by atoms with van der Waals surface area (Å²) in [5, 5.41) is 20.2. The summed E-state index contributed by atoms with van der Waals surface area (Å²) < 4.78 is -0.711. The summed E-state index contributed by atoms with van der Waals surface area (Å²) in [6, 6.07) is -2.02. The fourth-order valence-electron chi connectivity index (χ4n) is 0.908. The molecule has 0 rings (SSSR count). The molecule has 0 fully saturated rings. The number of carboxylic acid groups (broad SMARTS) is 2. The molecule has 0 aromatic heterocycles. The molecule has 10 heteroatoms. The Balaban J connectivity index is 4.30. The SMILES string of the molecule is CSC(C)(C)C(=O)N[C@@H](CSSCC(N)C(=O)O)C(=O)O. The van der Waals surface area contributed by atoms with Gasteiger partial charge in [0, 0.05) is 11.5 Å². The molecule has 0 bridgehead atoms. The van der Waals surface area contributed by atoms with Crippen LogP contribution in [0, 0.1) is 0 Å². The largest absolute Gasteiger partial charge is 0.480 e. The molecule has 0 spiro atoms. The van der Waals surface area contributed by atoms with Gasteiger partial charge in [0.2, 0.25) is 5.91 Å². The first-order valence-corrected chi connectivity index (χ1v) is 9.64. The highest BCUT2D eigenvalue weighted by atomic mass is 33.1. The smallest absolute Gasteiger partial charge is 0.327 e. The van der Waals surface area contributed by atoms with Gasteiger partial charge in [-0.15, -0.1) is 11.8 Å². The Hall–Kier alpha value is -0.580. The fraction of sp³-hybridized carbons (Fsp3) is 0.727. The lowest BCUT2D eigenvalue weighted by Crippen LogP contribution is -2.49. The van der Waals surface area contributed by atoms with Gasteiger partial charge in [-0.1, -0.05) is 21.6 Å². The highest BCUT2D eigenvalue weighted by Crippen LogP contribution is 2.24. The van der Waals surface area contributed by atoms with E-state index in [-0.39, 0.29) is 17.4 Å². The molecule has 0 aliphatic carbocycles. The summed E-state index contributed by atoms with van der Waals surface area (Å²) in [6.45, 7) is 3.42. The van der Waals surface area contributed by atoms with Crippen molar-refractivity contribution < 1.29 is 24.6 Å².